The molecule has 0 aliphatic carbocycles. The molecule has 0 amide bonds. The molecule has 2 heterocycles. The number of anilines is 3. The van der Waals surface area contributed by atoms with Gasteiger partial charge in [0.25, 0.3) is 0 Å². The van der Waals surface area contributed by atoms with Gasteiger partial charge in [0.2, 0.25) is 0 Å². The van der Waals surface area contributed by atoms with Gasteiger partial charge < -0.3 is 14.5 Å². The Bertz CT molecular complexity index is 1090. The van der Waals surface area contributed by atoms with Crippen LogP contribution in [-0.2, 0) is 0 Å². The highest BCUT2D eigenvalue weighted by Gasteiger charge is 2.28. The van der Waals surface area contributed by atoms with E-state index in [9.17, 15) is 0 Å². The Balaban J connectivity index is 1.57. The largest absolute Gasteiger partial charge is 0.465 e. The molecular weight excluding hydrogens is 368 g/mol. The summed E-state index contributed by atoms with van der Waals surface area (Å²) in [5, 5.41) is 0.661. The van der Waals surface area contributed by atoms with Gasteiger partial charge in [0.1, 0.15) is 10.9 Å². The highest BCUT2D eigenvalue weighted by molar-refractivity contribution is 6.33. The first-order valence-electron chi connectivity index (χ1n) is 9.24. The number of hydrogen-bond donors (Lipinski definition) is 0. The van der Waals surface area contributed by atoms with E-state index in [1.54, 1.807) is 0 Å². The molecule has 0 spiro atoms. The summed E-state index contributed by atoms with van der Waals surface area (Å²) in [6.45, 7) is 0. The summed E-state index contributed by atoms with van der Waals surface area (Å²) in [4.78, 5) is 4.21. The van der Waals surface area contributed by atoms with Crippen LogP contribution in [0.25, 0.3) is 5.57 Å². The number of allylic oxidation sites excluding steroid dienone is 2. The van der Waals surface area contributed by atoms with Crippen LogP contribution in [0.4, 0.5) is 17.1 Å². The Morgan fingerprint density at radius 1 is 0.857 bits per heavy atom. The van der Waals surface area contributed by atoms with E-state index in [-0.39, 0.29) is 6.23 Å². The molecule has 4 heteroatoms. The van der Waals surface area contributed by atoms with E-state index in [0.29, 0.717) is 5.16 Å². The molecule has 5 rings (SSSR count). The fourth-order valence-electron chi connectivity index (χ4n) is 3.77. The number of hydrogen-bond acceptors (Lipinski definition) is 3. The predicted octanol–water partition coefficient (Wildman–Crippen LogP) is 6.16. The molecule has 3 nitrogen and oxygen atoms in total. The van der Waals surface area contributed by atoms with E-state index in [4.69, 9.17) is 16.3 Å². The minimum atomic E-state index is -0.176. The van der Waals surface area contributed by atoms with Crippen LogP contribution >= 0.6 is 11.6 Å². The van der Waals surface area contributed by atoms with Crippen molar-refractivity contribution in [1.29, 1.82) is 0 Å². The number of ether oxygens (including phenoxy) is 1. The zero-order valence-corrected chi connectivity index (χ0v) is 16.2. The Morgan fingerprint density at radius 3 is 2.32 bits per heavy atom. The molecular formula is C24H19ClN2O. The molecule has 0 saturated heterocycles. The van der Waals surface area contributed by atoms with Crippen molar-refractivity contribution in [3.05, 3.63) is 102 Å². The highest BCUT2D eigenvalue weighted by Crippen LogP contribution is 2.43. The molecule has 0 bridgehead atoms. The fourth-order valence-corrected chi connectivity index (χ4v) is 4.08. The van der Waals surface area contributed by atoms with E-state index in [2.05, 4.69) is 52.3 Å². The molecule has 2 aliphatic rings. The number of fused-ring (bicyclic) bond motifs is 2. The highest BCUT2D eigenvalue weighted by atomic mass is 35.5. The van der Waals surface area contributed by atoms with Gasteiger partial charge in [0, 0.05) is 18.3 Å². The lowest BCUT2D eigenvalue weighted by Crippen LogP contribution is -2.29. The van der Waals surface area contributed by atoms with Crippen LogP contribution in [0.5, 0.6) is 5.75 Å². The number of rotatable bonds is 2. The van der Waals surface area contributed by atoms with Crippen molar-refractivity contribution >= 4 is 34.2 Å². The number of para-hydroxylation sites is 4. The van der Waals surface area contributed by atoms with Crippen molar-refractivity contribution in [2.24, 2.45) is 0 Å². The van der Waals surface area contributed by atoms with Crippen LogP contribution in [-0.4, -0.2) is 13.3 Å². The van der Waals surface area contributed by atoms with Crippen molar-refractivity contribution in [3.8, 4) is 5.75 Å². The molecule has 28 heavy (non-hydrogen) atoms. The van der Waals surface area contributed by atoms with E-state index >= 15 is 0 Å². The molecule has 0 radical (unpaired) electrons. The Kier molecular flexibility index (Phi) is 4.10. The average Bonchev–Trinajstić information content (AvgIpc) is 3.04. The summed E-state index contributed by atoms with van der Waals surface area (Å²) in [5.74, 6) is 0.900. The van der Waals surface area contributed by atoms with Crippen LogP contribution in [0, 0.1) is 0 Å². The first-order chi connectivity index (χ1) is 13.7. The number of likely N-dealkylation sites (N-methyl/N-ethyl adjacent to an activating group) is 1. The van der Waals surface area contributed by atoms with E-state index in [1.807, 2.05) is 55.6 Å². The first-order valence-corrected chi connectivity index (χ1v) is 9.62. The van der Waals surface area contributed by atoms with Crippen molar-refractivity contribution in [3.63, 3.8) is 0 Å². The second-order valence-corrected chi connectivity index (χ2v) is 7.25. The van der Waals surface area contributed by atoms with Crippen molar-refractivity contribution in [1.82, 2.24) is 0 Å². The van der Waals surface area contributed by atoms with Gasteiger partial charge >= 0.3 is 0 Å². The van der Waals surface area contributed by atoms with Gasteiger partial charge in [-0.1, -0.05) is 60.1 Å². The summed E-state index contributed by atoms with van der Waals surface area (Å²) in [5.41, 5.74) is 5.37. The third-order valence-electron chi connectivity index (χ3n) is 5.16. The third-order valence-corrected chi connectivity index (χ3v) is 5.43. The van der Waals surface area contributed by atoms with Gasteiger partial charge in [-0.05, 0) is 48.1 Å². The van der Waals surface area contributed by atoms with Gasteiger partial charge in [-0.3, -0.25) is 0 Å². The normalized spacial score (nSPS) is 19.1. The van der Waals surface area contributed by atoms with Gasteiger partial charge in [-0.15, -0.1) is 0 Å². The van der Waals surface area contributed by atoms with Crippen molar-refractivity contribution < 1.29 is 4.74 Å². The lowest BCUT2D eigenvalue weighted by molar-refractivity contribution is 0.280. The SMILES string of the molecule is CN1c2ccccc2OC1C=C1C=C(Cl)N(c2ccccc2)c2ccccc21. The maximum Gasteiger partial charge on any atom is 0.192 e. The number of nitrogens with zero attached hydrogens (tertiary/aromatic N) is 2. The molecule has 2 aliphatic heterocycles. The lowest BCUT2D eigenvalue weighted by atomic mass is 9.98. The zero-order chi connectivity index (χ0) is 19.1. The molecule has 138 valence electrons. The molecule has 0 fully saturated rings. The van der Waals surface area contributed by atoms with Crippen molar-refractivity contribution in [2.45, 2.75) is 6.23 Å². The quantitative estimate of drug-likeness (QED) is 0.491. The average molecular weight is 387 g/mol. The summed E-state index contributed by atoms with van der Waals surface area (Å²) in [6.07, 6.45) is 3.96. The smallest absolute Gasteiger partial charge is 0.192 e. The number of benzene rings is 3. The Hall–Kier alpha value is -3.17. The van der Waals surface area contributed by atoms with Crippen LogP contribution in [0.15, 0.2) is 96.2 Å². The second-order valence-electron chi connectivity index (χ2n) is 6.86. The fraction of sp³-hybridized carbons (Fsp3) is 0.0833. The van der Waals surface area contributed by atoms with E-state index < -0.39 is 0 Å². The predicted molar refractivity (Wildman–Crippen MR) is 116 cm³/mol. The minimum absolute atomic E-state index is 0.176. The molecule has 3 aromatic rings. The monoisotopic (exact) mass is 386 g/mol. The maximum atomic E-state index is 6.74. The molecule has 0 N–H and O–H groups in total. The minimum Gasteiger partial charge on any atom is -0.465 e. The molecule has 0 aromatic heterocycles. The molecule has 0 saturated carbocycles. The number of halogens is 1. The van der Waals surface area contributed by atoms with E-state index in [0.717, 1.165) is 33.9 Å². The van der Waals surface area contributed by atoms with Crippen LogP contribution in [0.3, 0.4) is 0 Å². The van der Waals surface area contributed by atoms with Crippen LogP contribution < -0.4 is 14.5 Å². The van der Waals surface area contributed by atoms with Crippen LogP contribution in [0.1, 0.15) is 5.56 Å². The van der Waals surface area contributed by atoms with Crippen molar-refractivity contribution in [2.75, 3.05) is 16.8 Å². The lowest BCUT2D eigenvalue weighted by Gasteiger charge is -2.31. The Morgan fingerprint density at radius 2 is 1.54 bits per heavy atom. The Labute approximate surface area is 169 Å². The standard InChI is InChI=1S/C24H19ClN2O/c1-26-21-13-7-8-14-22(21)28-24(26)16-17-15-23(25)27(18-9-3-2-4-10-18)20-12-6-5-11-19(17)20/h2-16,24H,1H3. The zero-order valence-electron chi connectivity index (χ0n) is 15.4. The van der Waals surface area contributed by atoms with E-state index in [1.165, 1.54) is 0 Å². The maximum absolute atomic E-state index is 6.74. The third kappa shape index (κ3) is 2.76. The van der Waals surface area contributed by atoms with Gasteiger partial charge in [0.15, 0.2) is 6.23 Å². The van der Waals surface area contributed by atoms with Gasteiger partial charge in [-0.25, -0.2) is 0 Å². The summed E-state index contributed by atoms with van der Waals surface area (Å²) in [7, 11) is 2.05. The second kappa shape index (κ2) is 6.77. The molecule has 3 aromatic carbocycles. The summed E-state index contributed by atoms with van der Waals surface area (Å²) >= 11 is 6.74. The first kappa shape index (κ1) is 17.0. The summed E-state index contributed by atoms with van der Waals surface area (Å²) < 4.78 is 6.15. The van der Waals surface area contributed by atoms with Crippen LogP contribution in [0.2, 0.25) is 0 Å². The van der Waals surface area contributed by atoms with Gasteiger partial charge in [0.05, 0.1) is 11.4 Å². The molecule has 1 atom stereocenters. The summed E-state index contributed by atoms with van der Waals surface area (Å²) in [6, 6.07) is 26.6. The molecule has 1 unspecified atom stereocenters. The topological polar surface area (TPSA) is 15.7 Å². The van der Waals surface area contributed by atoms with Gasteiger partial charge in [-0.2, -0.15) is 0 Å².